The molecule has 0 aliphatic heterocycles. The first-order valence-electron chi connectivity index (χ1n) is 7.13. The number of hydrogen-bond donors (Lipinski definition) is 1. The number of carbonyl (C=O) groups is 1. The molecule has 9 heteroatoms. The van der Waals surface area contributed by atoms with Crippen LogP contribution in [-0.2, 0) is 11.3 Å². The Balaban J connectivity index is 2.11. The van der Waals surface area contributed by atoms with Crippen molar-refractivity contribution in [1.29, 1.82) is 0 Å². The van der Waals surface area contributed by atoms with Crippen molar-refractivity contribution in [2.45, 2.75) is 33.4 Å². The molecule has 1 amide bonds. The first kappa shape index (κ1) is 18.2. The molecule has 2 rings (SSSR count). The molecule has 0 aliphatic rings. The maximum Gasteiger partial charge on any atom is 0.312 e. The number of rotatable bonds is 5. The van der Waals surface area contributed by atoms with Crippen LogP contribution in [0.5, 0.6) is 0 Å². The minimum absolute atomic E-state index is 0.0726. The van der Waals surface area contributed by atoms with E-state index in [-0.39, 0.29) is 29.9 Å². The van der Waals surface area contributed by atoms with Gasteiger partial charge >= 0.3 is 5.69 Å². The predicted octanol–water partition coefficient (Wildman–Crippen LogP) is 3.59. The molecular formula is C15H16Cl2N4O3. The zero-order valence-corrected chi connectivity index (χ0v) is 14.9. The molecule has 1 aromatic carbocycles. The summed E-state index contributed by atoms with van der Waals surface area (Å²) < 4.78 is 1.32. The Bertz CT molecular complexity index is 804. The van der Waals surface area contributed by atoms with Gasteiger partial charge in [-0.15, -0.1) is 0 Å². The first-order valence-corrected chi connectivity index (χ1v) is 7.89. The normalized spacial score (nSPS) is 12.0. The van der Waals surface area contributed by atoms with Crippen LogP contribution in [0.1, 0.15) is 29.9 Å². The van der Waals surface area contributed by atoms with E-state index in [9.17, 15) is 14.9 Å². The summed E-state index contributed by atoms with van der Waals surface area (Å²) in [4.78, 5) is 22.7. The molecule has 1 aromatic heterocycles. The van der Waals surface area contributed by atoms with Crippen LogP contribution in [0.25, 0.3) is 0 Å². The molecule has 0 fully saturated rings. The molecule has 7 nitrogen and oxygen atoms in total. The molecule has 0 saturated carbocycles. The van der Waals surface area contributed by atoms with Crippen LogP contribution in [0.4, 0.5) is 5.69 Å². The lowest BCUT2D eigenvalue weighted by Crippen LogP contribution is -2.31. The average molecular weight is 371 g/mol. The van der Waals surface area contributed by atoms with Crippen molar-refractivity contribution < 1.29 is 9.72 Å². The lowest BCUT2D eigenvalue weighted by molar-refractivity contribution is -0.386. The van der Waals surface area contributed by atoms with Crippen molar-refractivity contribution in [3.05, 3.63) is 55.3 Å². The summed E-state index contributed by atoms with van der Waals surface area (Å²) in [5.74, 6) is -0.325. The second-order valence-electron chi connectivity index (χ2n) is 5.39. The van der Waals surface area contributed by atoms with Gasteiger partial charge in [-0.1, -0.05) is 29.3 Å². The summed E-state index contributed by atoms with van der Waals surface area (Å²) >= 11 is 12.0. The summed E-state index contributed by atoms with van der Waals surface area (Å²) in [6.45, 7) is 4.77. The lowest BCUT2D eigenvalue weighted by atomic mass is 10.1. The van der Waals surface area contributed by atoms with E-state index in [1.54, 1.807) is 32.0 Å². The van der Waals surface area contributed by atoms with E-state index < -0.39 is 4.92 Å². The number of nitrogens with zero attached hydrogens (tertiary/aromatic N) is 3. The number of aromatic nitrogens is 2. The Morgan fingerprint density at radius 2 is 2.08 bits per heavy atom. The molecule has 1 unspecified atom stereocenters. The van der Waals surface area contributed by atoms with Crippen LogP contribution in [0.2, 0.25) is 10.0 Å². The Labute approximate surface area is 148 Å². The zero-order valence-electron chi connectivity index (χ0n) is 13.3. The molecule has 2 aromatic rings. The molecule has 0 aliphatic carbocycles. The number of halogens is 2. The van der Waals surface area contributed by atoms with Gasteiger partial charge in [0.15, 0.2) is 0 Å². The molecule has 0 bridgehead atoms. The van der Waals surface area contributed by atoms with E-state index in [1.165, 1.54) is 11.6 Å². The van der Waals surface area contributed by atoms with Crippen molar-refractivity contribution in [3.8, 4) is 0 Å². The van der Waals surface area contributed by atoms with E-state index in [2.05, 4.69) is 10.4 Å². The van der Waals surface area contributed by atoms with Crippen molar-refractivity contribution >= 4 is 34.8 Å². The minimum atomic E-state index is -0.498. The van der Waals surface area contributed by atoms with E-state index in [4.69, 9.17) is 23.2 Å². The Kier molecular flexibility index (Phi) is 5.46. The van der Waals surface area contributed by atoms with Crippen LogP contribution in [0.15, 0.2) is 18.2 Å². The molecule has 0 saturated heterocycles. The summed E-state index contributed by atoms with van der Waals surface area (Å²) in [6.07, 6.45) is 0. The van der Waals surface area contributed by atoms with Crippen LogP contribution in [0.3, 0.4) is 0 Å². The van der Waals surface area contributed by atoms with Crippen LogP contribution in [0, 0.1) is 24.0 Å². The van der Waals surface area contributed by atoms with Gasteiger partial charge in [0, 0.05) is 10.0 Å². The van der Waals surface area contributed by atoms with Gasteiger partial charge < -0.3 is 5.32 Å². The van der Waals surface area contributed by atoms with Gasteiger partial charge in [-0.3, -0.25) is 19.6 Å². The van der Waals surface area contributed by atoms with Crippen molar-refractivity contribution in [2.24, 2.45) is 0 Å². The monoisotopic (exact) mass is 370 g/mol. The van der Waals surface area contributed by atoms with Gasteiger partial charge in [0.2, 0.25) is 5.91 Å². The topological polar surface area (TPSA) is 90.1 Å². The van der Waals surface area contributed by atoms with E-state index in [0.717, 1.165) is 5.56 Å². The van der Waals surface area contributed by atoms with Gasteiger partial charge in [0.05, 0.1) is 11.0 Å². The first-order chi connectivity index (χ1) is 11.2. The number of aryl methyl sites for hydroxylation is 1. The zero-order chi connectivity index (χ0) is 18.0. The van der Waals surface area contributed by atoms with E-state index in [0.29, 0.717) is 15.7 Å². The summed E-state index contributed by atoms with van der Waals surface area (Å²) in [5.41, 5.74) is 1.27. The third-order valence-electron chi connectivity index (χ3n) is 3.63. The Hall–Kier alpha value is -2.12. The van der Waals surface area contributed by atoms with Crippen LogP contribution in [-0.4, -0.2) is 20.6 Å². The van der Waals surface area contributed by atoms with Gasteiger partial charge in [-0.2, -0.15) is 5.10 Å². The minimum Gasteiger partial charge on any atom is -0.348 e. The SMILES string of the molecule is Cc1nn(CC(=O)NC(C)c2ccc(Cl)cc2Cl)c(C)c1[N+](=O)[O-]. The maximum absolute atomic E-state index is 12.2. The van der Waals surface area contributed by atoms with E-state index in [1.807, 2.05) is 0 Å². The largest absolute Gasteiger partial charge is 0.348 e. The summed E-state index contributed by atoms with van der Waals surface area (Å²) in [7, 11) is 0. The number of carbonyl (C=O) groups excluding carboxylic acids is 1. The molecule has 1 atom stereocenters. The number of amides is 1. The van der Waals surface area contributed by atoms with Crippen LogP contribution >= 0.6 is 23.2 Å². The fourth-order valence-corrected chi connectivity index (χ4v) is 3.03. The molecule has 1 heterocycles. The lowest BCUT2D eigenvalue weighted by Gasteiger charge is -2.16. The highest BCUT2D eigenvalue weighted by Crippen LogP contribution is 2.26. The summed E-state index contributed by atoms with van der Waals surface area (Å²) in [6, 6.07) is 4.69. The van der Waals surface area contributed by atoms with Crippen LogP contribution < -0.4 is 5.32 Å². The standard InChI is InChI=1S/C15H16Cl2N4O3/c1-8(12-5-4-11(16)6-13(12)17)18-14(22)7-20-10(3)15(21(23)24)9(2)19-20/h4-6,8H,7H2,1-3H3,(H,18,22). The van der Waals surface area contributed by atoms with Gasteiger partial charge in [-0.25, -0.2) is 0 Å². The van der Waals surface area contributed by atoms with E-state index >= 15 is 0 Å². The second-order valence-corrected chi connectivity index (χ2v) is 6.23. The molecule has 0 radical (unpaired) electrons. The van der Waals surface area contributed by atoms with Crippen molar-refractivity contribution in [3.63, 3.8) is 0 Å². The number of nitro groups is 1. The fourth-order valence-electron chi connectivity index (χ4n) is 2.46. The molecular weight excluding hydrogens is 355 g/mol. The highest BCUT2D eigenvalue weighted by Gasteiger charge is 2.23. The van der Waals surface area contributed by atoms with Gasteiger partial charge in [-0.05, 0) is 38.5 Å². The number of hydrogen-bond acceptors (Lipinski definition) is 4. The Morgan fingerprint density at radius 1 is 1.42 bits per heavy atom. The molecule has 24 heavy (non-hydrogen) atoms. The average Bonchev–Trinajstić information content (AvgIpc) is 2.72. The highest BCUT2D eigenvalue weighted by molar-refractivity contribution is 6.35. The number of nitrogens with one attached hydrogen (secondary N) is 1. The van der Waals surface area contributed by atoms with Crippen molar-refractivity contribution in [1.82, 2.24) is 15.1 Å². The Morgan fingerprint density at radius 3 is 2.62 bits per heavy atom. The fraction of sp³-hybridized carbons (Fsp3) is 0.333. The second kappa shape index (κ2) is 7.19. The van der Waals surface area contributed by atoms with Crippen molar-refractivity contribution in [2.75, 3.05) is 0 Å². The third-order valence-corrected chi connectivity index (χ3v) is 4.19. The highest BCUT2D eigenvalue weighted by atomic mass is 35.5. The van der Waals surface area contributed by atoms with Gasteiger partial charge in [0.1, 0.15) is 17.9 Å². The summed E-state index contributed by atoms with van der Waals surface area (Å²) in [5, 5.41) is 18.8. The molecule has 0 spiro atoms. The maximum atomic E-state index is 12.2. The smallest absolute Gasteiger partial charge is 0.312 e. The van der Waals surface area contributed by atoms with Gasteiger partial charge in [0.25, 0.3) is 0 Å². The molecule has 1 N–H and O–H groups in total. The quantitative estimate of drug-likeness (QED) is 0.642. The third kappa shape index (κ3) is 3.85. The molecule has 128 valence electrons. The predicted molar refractivity (Wildman–Crippen MR) is 91.4 cm³/mol. The number of benzene rings is 1.